The number of carbonyl (C=O) groups is 1. The van der Waals surface area contributed by atoms with Gasteiger partial charge in [0.05, 0.1) is 0 Å². The molecule has 1 heterocycles. The van der Waals surface area contributed by atoms with E-state index in [2.05, 4.69) is 17.0 Å². The van der Waals surface area contributed by atoms with Gasteiger partial charge in [0, 0.05) is 39.1 Å². The normalized spacial score (nSPS) is 15.2. The number of aryl methyl sites for hydroxylation is 1. The number of benzene rings is 2. The molecule has 1 saturated heterocycles. The highest BCUT2D eigenvalue weighted by Crippen LogP contribution is 2.13. The Balaban J connectivity index is 1.41. The Morgan fingerprint density at radius 3 is 2.38 bits per heavy atom. The molecule has 2 aromatic rings. The Morgan fingerprint density at radius 2 is 1.65 bits per heavy atom. The van der Waals surface area contributed by atoms with E-state index in [9.17, 15) is 13.6 Å². The minimum atomic E-state index is -0.471. The zero-order valence-corrected chi connectivity index (χ0v) is 14.8. The molecule has 0 atom stereocenters. The third-order valence-corrected chi connectivity index (χ3v) is 4.90. The zero-order valence-electron chi connectivity index (χ0n) is 14.8. The number of piperazine rings is 1. The SMILES string of the molecule is O=C(CCc1cc(F)ccc1F)N1CCN(CCc2ccccc2)CC1. The molecule has 26 heavy (non-hydrogen) atoms. The highest BCUT2D eigenvalue weighted by molar-refractivity contribution is 5.76. The van der Waals surface area contributed by atoms with Crippen LogP contribution in [-0.4, -0.2) is 48.4 Å². The van der Waals surface area contributed by atoms with Crippen LogP contribution in [0.2, 0.25) is 0 Å². The largest absolute Gasteiger partial charge is 0.340 e. The maximum Gasteiger partial charge on any atom is 0.222 e. The molecule has 3 rings (SSSR count). The van der Waals surface area contributed by atoms with Gasteiger partial charge in [0.2, 0.25) is 5.91 Å². The van der Waals surface area contributed by atoms with E-state index < -0.39 is 11.6 Å². The molecule has 0 unspecified atom stereocenters. The summed E-state index contributed by atoms with van der Waals surface area (Å²) in [6.45, 7) is 4.08. The third kappa shape index (κ3) is 5.11. The highest BCUT2D eigenvalue weighted by atomic mass is 19.1. The molecule has 1 amide bonds. The van der Waals surface area contributed by atoms with Gasteiger partial charge in [0.1, 0.15) is 11.6 Å². The fourth-order valence-electron chi connectivity index (χ4n) is 3.29. The van der Waals surface area contributed by atoms with Crippen LogP contribution in [-0.2, 0) is 17.6 Å². The topological polar surface area (TPSA) is 23.6 Å². The second kappa shape index (κ2) is 8.90. The summed E-state index contributed by atoms with van der Waals surface area (Å²) < 4.78 is 26.8. The van der Waals surface area contributed by atoms with Crippen LogP contribution < -0.4 is 0 Å². The lowest BCUT2D eigenvalue weighted by Gasteiger charge is -2.34. The lowest BCUT2D eigenvalue weighted by atomic mass is 10.1. The number of rotatable bonds is 6. The van der Waals surface area contributed by atoms with E-state index in [1.54, 1.807) is 0 Å². The van der Waals surface area contributed by atoms with E-state index in [4.69, 9.17) is 0 Å². The molecule has 0 bridgehead atoms. The second-order valence-electron chi connectivity index (χ2n) is 6.69. The van der Waals surface area contributed by atoms with Crippen LogP contribution in [0.1, 0.15) is 17.5 Å². The van der Waals surface area contributed by atoms with Crippen molar-refractivity contribution in [3.63, 3.8) is 0 Å². The molecule has 5 heteroatoms. The summed E-state index contributed by atoms with van der Waals surface area (Å²) in [5.74, 6) is -0.915. The summed E-state index contributed by atoms with van der Waals surface area (Å²) in [5, 5.41) is 0. The molecule has 3 nitrogen and oxygen atoms in total. The predicted molar refractivity (Wildman–Crippen MR) is 97.8 cm³/mol. The van der Waals surface area contributed by atoms with Crippen LogP contribution in [0.3, 0.4) is 0 Å². The Morgan fingerprint density at radius 1 is 0.923 bits per heavy atom. The van der Waals surface area contributed by atoms with Gasteiger partial charge in [-0.15, -0.1) is 0 Å². The Hall–Kier alpha value is -2.27. The van der Waals surface area contributed by atoms with E-state index in [1.807, 2.05) is 23.1 Å². The monoisotopic (exact) mass is 358 g/mol. The van der Waals surface area contributed by atoms with Crippen molar-refractivity contribution in [3.05, 3.63) is 71.3 Å². The maximum absolute atomic E-state index is 13.6. The van der Waals surface area contributed by atoms with Crippen LogP contribution in [0, 0.1) is 11.6 Å². The summed E-state index contributed by atoms with van der Waals surface area (Å²) >= 11 is 0. The first-order chi connectivity index (χ1) is 12.6. The van der Waals surface area contributed by atoms with Gasteiger partial charge >= 0.3 is 0 Å². The standard InChI is InChI=1S/C21H24F2N2O/c22-19-7-8-20(23)18(16-19)6-9-21(26)25-14-12-24(13-15-25)11-10-17-4-2-1-3-5-17/h1-5,7-8,16H,6,9-15H2. The number of carbonyl (C=O) groups excluding carboxylic acids is 1. The summed E-state index contributed by atoms with van der Waals surface area (Å²) in [6, 6.07) is 13.8. The number of hydrogen-bond donors (Lipinski definition) is 0. The molecular formula is C21H24F2N2O. The molecule has 0 N–H and O–H groups in total. The molecule has 138 valence electrons. The Bertz CT molecular complexity index is 728. The average molecular weight is 358 g/mol. The van der Waals surface area contributed by atoms with Crippen LogP contribution in [0.4, 0.5) is 8.78 Å². The first-order valence-corrected chi connectivity index (χ1v) is 9.10. The fourth-order valence-corrected chi connectivity index (χ4v) is 3.29. The van der Waals surface area contributed by atoms with Gasteiger partial charge in [-0.25, -0.2) is 8.78 Å². The van der Waals surface area contributed by atoms with Crippen molar-refractivity contribution in [2.24, 2.45) is 0 Å². The molecule has 1 aliphatic rings. The van der Waals surface area contributed by atoms with Gasteiger partial charge in [-0.05, 0) is 42.2 Å². The van der Waals surface area contributed by atoms with Crippen molar-refractivity contribution in [2.45, 2.75) is 19.3 Å². The van der Waals surface area contributed by atoms with Crippen molar-refractivity contribution in [2.75, 3.05) is 32.7 Å². The van der Waals surface area contributed by atoms with Crippen molar-refractivity contribution in [1.29, 1.82) is 0 Å². The third-order valence-electron chi connectivity index (χ3n) is 4.90. The van der Waals surface area contributed by atoms with Gasteiger partial charge in [0.25, 0.3) is 0 Å². The average Bonchev–Trinajstić information content (AvgIpc) is 2.68. The summed E-state index contributed by atoms with van der Waals surface area (Å²) in [5.41, 5.74) is 1.59. The van der Waals surface area contributed by atoms with Crippen LogP contribution in [0.25, 0.3) is 0 Å². The number of nitrogens with zero attached hydrogens (tertiary/aromatic N) is 2. The van der Waals surface area contributed by atoms with Gasteiger partial charge in [-0.1, -0.05) is 30.3 Å². The van der Waals surface area contributed by atoms with Gasteiger partial charge in [-0.2, -0.15) is 0 Å². The Kier molecular flexibility index (Phi) is 6.34. The van der Waals surface area contributed by atoms with Crippen LogP contribution in [0.15, 0.2) is 48.5 Å². The molecule has 0 aliphatic carbocycles. The molecule has 1 fully saturated rings. The molecule has 1 aliphatic heterocycles. The van der Waals surface area contributed by atoms with E-state index in [0.29, 0.717) is 13.1 Å². The molecular weight excluding hydrogens is 334 g/mol. The van der Waals surface area contributed by atoms with Crippen molar-refractivity contribution in [3.8, 4) is 0 Å². The van der Waals surface area contributed by atoms with E-state index >= 15 is 0 Å². The van der Waals surface area contributed by atoms with Gasteiger partial charge in [0.15, 0.2) is 0 Å². The number of amides is 1. The highest BCUT2D eigenvalue weighted by Gasteiger charge is 2.21. The van der Waals surface area contributed by atoms with Crippen molar-refractivity contribution in [1.82, 2.24) is 9.80 Å². The summed E-state index contributed by atoms with van der Waals surface area (Å²) in [4.78, 5) is 16.5. The maximum atomic E-state index is 13.6. The first-order valence-electron chi connectivity index (χ1n) is 9.10. The first kappa shape index (κ1) is 18.5. The number of hydrogen-bond acceptors (Lipinski definition) is 2. The van der Waals surface area contributed by atoms with E-state index in [-0.39, 0.29) is 24.3 Å². The van der Waals surface area contributed by atoms with Crippen molar-refractivity contribution >= 4 is 5.91 Å². The van der Waals surface area contributed by atoms with Gasteiger partial charge in [-0.3, -0.25) is 9.69 Å². The molecule has 0 saturated carbocycles. The fraction of sp³-hybridized carbons (Fsp3) is 0.381. The quantitative estimate of drug-likeness (QED) is 0.791. The van der Waals surface area contributed by atoms with E-state index in [0.717, 1.165) is 38.2 Å². The number of halogens is 2. The molecule has 0 spiro atoms. The minimum absolute atomic E-state index is 0.0105. The lowest BCUT2D eigenvalue weighted by Crippen LogP contribution is -2.49. The molecule has 0 radical (unpaired) electrons. The lowest BCUT2D eigenvalue weighted by molar-refractivity contribution is -0.132. The van der Waals surface area contributed by atoms with Crippen LogP contribution in [0.5, 0.6) is 0 Å². The summed E-state index contributed by atoms with van der Waals surface area (Å²) in [7, 11) is 0. The zero-order chi connectivity index (χ0) is 18.4. The Labute approximate surface area is 153 Å². The minimum Gasteiger partial charge on any atom is -0.340 e. The van der Waals surface area contributed by atoms with E-state index in [1.165, 1.54) is 11.6 Å². The van der Waals surface area contributed by atoms with Crippen molar-refractivity contribution < 1.29 is 13.6 Å². The molecule has 0 aromatic heterocycles. The smallest absolute Gasteiger partial charge is 0.222 e. The second-order valence-corrected chi connectivity index (χ2v) is 6.69. The van der Waals surface area contributed by atoms with Gasteiger partial charge < -0.3 is 4.90 Å². The summed E-state index contributed by atoms with van der Waals surface area (Å²) in [6.07, 6.45) is 1.45. The predicted octanol–water partition coefficient (Wildman–Crippen LogP) is 3.28. The van der Waals surface area contributed by atoms with Crippen LogP contribution >= 0.6 is 0 Å². The molecule has 2 aromatic carbocycles.